The summed E-state index contributed by atoms with van der Waals surface area (Å²) < 4.78 is 40.3. The number of carbonyl (C=O) groups is 1. The van der Waals surface area contributed by atoms with Crippen molar-refractivity contribution in [1.82, 2.24) is 14.2 Å². The lowest BCUT2D eigenvalue weighted by Crippen LogP contribution is -2.37. The fourth-order valence-corrected chi connectivity index (χ4v) is 4.47. The number of hydrogen-bond acceptors (Lipinski definition) is 4. The van der Waals surface area contributed by atoms with Gasteiger partial charge in [0, 0.05) is 45.0 Å². The van der Waals surface area contributed by atoms with Gasteiger partial charge in [-0.05, 0) is 36.4 Å². The van der Waals surface area contributed by atoms with Crippen LogP contribution in [0.15, 0.2) is 53.6 Å². The zero-order valence-corrected chi connectivity index (χ0v) is 15.2. The summed E-state index contributed by atoms with van der Waals surface area (Å²) in [7, 11) is -2.14. The van der Waals surface area contributed by atoms with E-state index in [4.69, 9.17) is 0 Å². The maximum atomic E-state index is 13.1. The molecule has 3 rings (SSSR count). The molecular weight excluding hydrogens is 357 g/mol. The van der Waals surface area contributed by atoms with E-state index in [0.29, 0.717) is 13.0 Å². The highest BCUT2D eigenvalue weighted by atomic mass is 32.2. The van der Waals surface area contributed by atoms with Crippen molar-refractivity contribution in [3.63, 3.8) is 0 Å². The minimum atomic E-state index is -3.81. The molecule has 1 aliphatic heterocycles. The van der Waals surface area contributed by atoms with Crippen molar-refractivity contribution in [3.8, 4) is 0 Å². The lowest BCUT2D eigenvalue weighted by molar-refractivity contribution is -0.133. The molecule has 0 spiro atoms. The van der Waals surface area contributed by atoms with E-state index in [-0.39, 0.29) is 23.9 Å². The normalized spacial score (nSPS) is 19.4. The largest absolute Gasteiger partial charge is 0.344 e. The van der Waals surface area contributed by atoms with Crippen LogP contribution < -0.4 is 0 Å². The molecule has 26 heavy (non-hydrogen) atoms. The maximum absolute atomic E-state index is 13.1. The van der Waals surface area contributed by atoms with E-state index in [1.807, 2.05) is 12.1 Å². The van der Waals surface area contributed by atoms with Gasteiger partial charge in [-0.2, -0.15) is 4.31 Å². The van der Waals surface area contributed by atoms with Crippen molar-refractivity contribution >= 4 is 15.9 Å². The topological polar surface area (TPSA) is 70.6 Å². The second kappa shape index (κ2) is 7.51. The Morgan fingerprint density at radius 1 is 1.15 bits per heavy atom. The molecule has 2 heterocycles. The number of carbonyl (C=O) groups excluding carboxylic acids is 1. The molecule has 2 aromatic rings. The highest BCUT2D eigenvalue weighted by Crippen LogP contribution is 2.22. The first-order chi connectivity index (χ1) is 12.4. The zero-order valence-electron chi connectivity index (χ0n) is 14.4. The van der Waals surface area contributed by atoms with Crippen molar-refractivity contribution in [3.05, 3.63) is 60.2 Å². The first kappa shape index (κ1) is 18.5. The maximum Gasteiger partial charge on any atom is 0.243 e. The van der Waals surface area contributed by atoms with Gasteiger partial charge >= 0.3 is 0 Å². The number of aromatic nitrogens is 1. The number of rotatable bonds is 4. The Morgan fingerprint density at radius 2 is 1.88 bits per heavy atom. The molecule has 1 amide bonds. The molecule has 0 saturated carbocycles. The Morgan fingerprint density at radius 3 is 2.54 bits per heavy atom. The summed E-state index contributed by atoms with van der Waals surface area (Å²) in [6.07, 6.45) is 2.01. The molecule has 6 nitrogen and oxygen atoms in total. The van der Waals surface area contributed by atoms with Crippen LogP contribution in [0.5, 0.6) is 0 Å². The number of pyridine rings is 1. The Bertz CT molecular complexity index is 872. The minimum Gasteiger partial charge on any atom is -0.344 e. The third kappa shape index (κ3) is 3.91. The number of nitrogens with zero attached hydrogens (tertiary/aromatic N) is 3. The molecule has 1 aromatic carbocycles. The highest BCUT2D eigenvalue weighted by molar-refractivity contribution is 7.89. The van der Waals surface area contributed by atoms with Crippen LogP contribution in [-0.2, 0) is 21.2 Å². The summed E-state index contributed by atoms with van der Waals surface area (Å²) in [5.41, 5.74) is 0.736. The van der Waals surface area contributed by atoms with Crippen molar-refractivity contribution in [2.24, 2.45) is 5.92 Å². The molecule has 0 unspecified atom stereocenters. The molecule has 0 radical (unpaired) electrons. The Balaban J connectivity index is 1.87. The van der Waals surface area contributed by atoms with Crippen molar-refractivity contribution in [2.45, 2.75) is 11.3 Å². The number of halogens is 1. The number of hydrogen-bond donors (Lipinski definition) is 0. The second-order valence-electron chi connectivity index (χ2n) is 6.30. The number of likely N-dealkylation sites (N-methyl/N-ethyl adjacent to an activating group) is 1. The minimum absolute atomic E-state index is 0.0208. The van der Waals surface area contributed by atoms with Crippen LogP contribution in [0.1, 0.15) is 5.69 Å². The van der Waals surface area contributed by atoms with Crippen molar-refractivity contribution in [1.29, 1.82) is 0 Å². The van der Waals surface area contributed by atoms with Crippen LogP contribution in [-0.4, -0.2) is 55.2 Å². The number of sulfonamides is 1. The summed E-state index contributed by atoms with van der Waals surface area (Å²) in [4.78, 5) is 18.4. The first-order valence-electron chi connectivity index (χ1n) is 8.28. The molecular formula is C18H20FN3O3S. The molecule has 1 aromatic heterocycles. The van der Waals surface area contributed by atoms with Gasteiger partial charge in [-0.1, -0.05) is 6.07 Å². The van der Waals surface area contributed by atoms with E-state index in [1.165, 1.54) is 16.4 Å². The van der Waals surface area contributed by atoms with Crippen molar-refractivity contribution in [2.75, 3.05) is 26.7 Å². The second-order valence-corrected chi connectivity index (χ2v) is 8.24. The van der Waals surface area contributed by atoms with Gasteiger partial charge < -0.3 is 4.90 Å². The van der Waals surface area contributed by atoms with E-state index in [0.717, 1.165) is 17.8 Å². The molecule has 1 fully saturated rings. The molecule has 138 valence electrons. The van der Waals surface area contributed by atoms with Crippen LogP contribution in [0.2, 0.25) is 0 Å². The van der Waals surface area contributed by atoms with Crippen LogP contribution in [0.3, 0.4) is 0 Å². The number of benzene rings is 1. The Hall–Kier alpha value is -2.32. The van der Waals surface area contributed by atoms with E-state index in [2.05, 4.69) is 4.98 Å². The predicted molar refractivity (Wildman–Crippen MR) is 94.2 cm³/mol. The van der Waals surface area contributed by atoms with Gasteiger partial charge in [0.2, 0.25) is 15.9 Å². The predicted octanol–water partition coefficient (Wildman–Crippen LogP) is 1.54. The summed E-state index contributed by atoms with van der Waals surface area (Å²) in [6, 6.07) is 10.2. The lowest BCUT2D eigenvalue weighted by Gasteiger charge is -2.22. The smallest absolute Gasteiger partial charge is 0.243 e. The summed E-state index contributed by atoms with van der Waals surface area (Å²) >= 11 is 0. The summed E-state index contributed by atoms with van der Waals surface area (Å²) in [5.74, 6) is -1.12. The van der Waals surface area contributed by atoms with Gasteiger partial charge in [-0.15, -0.1) is 0 Å². The van der Waals surface area contributed by atoms with E-state index < -0.39 is 21.8 Å². The van der Waals surface area contributed by atoms with Gasteiger partial charge in [0.15, 0.2) is 0 Å². The van der Waals surface area contributed by atoms with Gasteiger partial charge in [-0.3, -0.25) is 9.78 Å². The Labute approximate surface area is 152 Å². The van der Waals surface area contributed by atoms with E-state index >= 15 is 0 Å². The van der Waals surface area contributed by atoms with Gasteiger partial charge in [0.25, 0.3) is 0 Å². The number of amides is 1. The quantitative estimate of drug-likeness (QED) is 0.810. The van der Waals surface area contributed by atoms with Crippen LogP contribution in [0, 0.1) is 11.7 Å². The molecule has 0 N–H and O–H groups in total. The van der Waals surface area contributed by atoms with Gasteiger partial charge in [0.1, 0.15) is 5.82 Å². The van der Waals surface area contributed by atoms with E-state index in [9.17, 15) is 17.6 Å². The third-order valence-electron chi connectivity index (χ3n) is 4.47. The average Bonchev–Trinajstić information content (AvgIpc) is 2.77. The SMILES string of the molecule is CN1CCN(S(=O)(=O)c2ccc(F)cc2)C[C@H](Cc2ccccn2)C1=O. The van der Waals surface area contributed by atoms with Crippen LogP contribution in [0.4, 0.5) is 4.39 Å². The van der Waals surface area contributed by atoms with Crippen molar-refractivity contribution < 1.29 is 17.6 Å². The fraction of sp³-hybridized carbons (Fsp3) is 0.333. The van der Waals surface area contributed by atoms with Gasteiger partial charge in [-0.25, -0.2) is 12.8 Å². The van der Waals surface area contributed by atoms with Gasteiger partial charge in [0.05, 0.1) is 10.8 Å². The summed E-state index contributed by atoms with van der Waals surface area (Å²) in [5, 5.41) is 0. The molecule has 1 saturated heterocycles. The monoisotopic (exact) mass is 377 g/mol. The molecule has 8 heteroatoms. The molecule has 1 atom stereocenters. The highest BCUT2D eigenvalue weighted by Gasteiger charge is 2.34. The Kier molecular flexibility index (Phi) is 5.33. The standard InChI is InChI=1S/C18H20FN3O3S/c1-21-10-11-22(26(24,25)17-7-5-15(19)6-8-17)13-14(18(21)23)12-16-4-2-3-9-20-16/h2-9,14H,10-13H2,1H3/t14-/m0/s1. The molecule has 0 bridgehead atoms. The fourth-order valence-electron chi connectivity index (χ4n) is 3.00. The molecule has 0 aliphatic carbocycles. The lowest BCUT2D eigenvalue weighted by atomic mass is 10.0. The van der Waals surface area contributed by atoms with Crippen LogP contribution in [0.25, 0.3) is 0 Å². The average molecular weight is 377 g/mol. The third-order valence-corrected chi connectivity index (χ3v) is 6.35. The van der Waals surface area contributed by atoms with E-state index in [1.54, 1.807) is 24.2 Å². The van der Waals surface area contributed by atoms with Crippen LogP contribution >= 0.6 is 0 Å². The molecule has 1 aliphatic rings. The first-order valence-corrected chi connectivity index (χ1v) is 9.72. The summed E-state index contributed by atoms with van der Waals surface area (Å²) in [6.45, 7) is 0.568. The zero-order chi connectivity index (χ0) is 18.7.